The third-order valence-electron chi connectivity index (χ3n) is 4.01. The molecular formula is C14H17N3O2. The van der Waals surface area contributed by atoms with Crippen molar-refractivity contribution >= 4 is 17.0 Å². The highest BCUT2D eigenvalue weighted by Crippen LogP contribution is 2.36. The monoisotopic (exact) mass is 259 g/mol. The highest BCUT2D eigenvalue weighted by atomic mass is 16.4. The van der Waals surface area contributed by atoms with Gasteiger partial charge in [-0.3, -0.25) is 4.98 Å². The van der Waals surface area contributed by atoms with E-state index in [4.69, 9.17) is 5.11 Å². The van der Waals surface area contributed by atoms with Crippen molar-refractivity contribution in [1.82, 2.24) is 15.3 Å². The fourth-order valence-corrected chi connectivity index (χ4v) is 3.06. The van der Waals surface area contributed by atoms with E-state index in [2.05, 4.69) is 21.5 Å². The van der Waals surface area contributed by atoms with E-state index >= 15 is 0 Å². The van der Waals surface area contributed by atoms with E-state index in [0.717, 1.165) is 31.2 Å². The number of nitrogens with one attached hydrogen (secondary N) is 2. The summed E-state index contributed by atoms with van der Waals surface area (Å²) in [4.78, 5) is 18.0. The van der Waals surface area contributed by atoms with Gasteiger partial charge in [0.25, 0.3) is 0 Å². The van der Waals surface area contributed by atoms with Crippen LogP contribution in [0.1, 0.15) is 37.2 Å². The minimum absolute atomic E-state index is 0.112. The molecule has 0 radical (unpaired) electrons. The molecule has 2 heterocycles. The molecule has 1 amide bonds. The number of pyridine rings is 1. The average molecular weight is 259 g/mol. The maximum atomic E-state index is 10.6. The first-order chi connectivity index (χ1) is 9.24. The molecule has 19 heavy (non-hydrogen) atoms. The van der Waals surface area contributed by atoms with Crippen LogP contribution in [0.3, 0.4) is 0 Å². The number of aromatic nitrogens is 2. The number of hydrogen-bond donors (Lipinski definition) is 3. The summed E-state index contributed by atoms with van der Waals surface area (Å²) in [7, 11) is 0. The van der Waals surface area contributed by atoms with Gasteiger partial charge in [0.05, 0.1) is 11.7 Å². The van der Waals surface area contributed by atoms with Crippen LogP contribution in [0, 0.1) is 0 Å². The fourth-order valence-electron chi connectivity index (χ4n) is 3.06. The summed E-state index contributed by atoms with van der Waals surface area (Å²) in [5.74, 6) is 0.517. The zero-order valence-electron chi connectivity index (χ0n) is 10.6. The van der Waals surface area contributed by atoms with E-state index in [1.54, 1.807) is 0 Å². The van der Waals surface area contributed by atoms with Crippen LogP contribution in [-0.4, -0.2) is 27.2 Å². The first kappa shape index (κ1) is 12.0. The van der Waals surface area contributed by atoms with Crippen molar-refractivity contribution in [2.24, 2.45) is 0 Å². The Kier molecular flexibility index (Phi) is 3.11. The number of nitrogens with zero attached hydrogens (tertiary/aromatic N) is 1. The maximum Gasteiger partial charge on any atom is 0.404 e. The molecule has 3 rings (SSSR count). The van der Waals surface area contributed by atoms with Crippen LogP contribution in [0.5, 0.6) is 0 Å². The summed E-state index contributed by atoms with van der Waals surface area (Å²) in [6.45, 7) is 0. The SMILES string of the molecule is O=C(O)NC1CCC(c2c[nH]c3cnccc23)CC1. The van der Waals surface area contributed by atoms with Gasteiger partial charge < -0.3 is 15.4 Å². The van der Waals surface area contributed by atoms with E-state index in [1.165, 1.54) is 10.9 Å². The van der Waals surface area contributed by atoms with E-state index < -0.39 is 6.09 Å². The van der Waals surface area contributed by atoms with Crippen LogP contribution in [0.2, 0.25) is 0 Å². The predicted molar refractivity (Wildman–Crippen MR) is 72.3 cm³/mol. The fraction of sp³-hybridized carbons (Fsp3) is 0.429. The Hall–Kier alpha value is -2.04. The van der Waals surface area contributed by atoms with E-state index in [9.17, 15) is 4.79 Å². The number of aromatic amines is 1. The number of H-pyrrole nitrogens is 1. The van der Waals surface area contributed by atoms with E-state index in [-0.39, 0.29) is 6.04 Å². The summed E-state index contributed by atoms with van der Waals surface area (Å²) in [5, 5.41) is 12.6. The first-order valence-electron chi connectivity index (χ1n) is 6.64. The van der Waals surface area contributed by atoms with Gasteiger partial charge in [-0.25, -0.2) is 4.79 Å². The first-order valence-corrected chi connectivity index (χ1v) is 6.64. The summed E-state index contributed by atoms with van der Waals surface area (Å²) in [6, 6.07) is 2.16. The van der Waals surface area contributed by atoms with Gasteiger partial charge in [-0.05, 0) is 43.2 Å². The summed E-state index contributed by atoms with van der Waals surface area (Å²) >= 11 is 0. The van der Waals surface area contributed by atoms with Crippen LogP contribution in [0.4, 0.5) is 4.79 Å². The lowest BCUT2D eigenvalue weighted by molar-refractivity contribution is 0.185. The summed E-state index contributed by atoms with van der Waals surface area (Å²) < 4.78 is 0. The molecule has 2 aromatic heterocycles. The molecule has 1 fully saturated rings. The van der Waals surface area contributed by atoms with Crippen LogP contribution in [0.25, 0.3) is 10.9 Å². The van der Waals surface area contributed by atoms with E-state index in [0.29, 0.717) is 5.92 Å². The largest absolute Gasteiger partial charge is 0.465 e. The molecule has 0 saturated heterocycles. The third-order valence-corrected chi connectivity index (χ3v) is 4.01. The molecule has 0 atom stereocenters. The summed E-state index contributed by atoms with van der Waals surface area (Å²) in [6.07, 6.45) is 8.70. The molecule has 1 aliphatic rings. The molecular weight excluding hydrogens is 242 g/mol. The van der Waals surface area contributed by atoms with Gasteiger partial charge in [0.2, 0.25) is 0 Å². The molecule has 1 saturated carbocycles. The number of carboxylic acid groups (broad SMARTS) is 1. The maximum absolute atomic E-state index is 10.6. The Morgan fingerprint density at radius 2 is 2.16 bits per heavy atom. The molecule has 100 valence electrons. The average Bonchev–Trinajstić information content (AvgIpc) is 2.83. The highest BCUT2D eigenvalue weighted by Gasteiger charge is 2.24. The van der Waals surface area contributed by atoms with Crippen molar-refractivity contribution in [1.29, 1.82) is 0 Å². The highest BCUT2D eigenvalue weighted by molar-refractivity contribution is 5.82. The summed E-state index contributed by atoms with van der Waals surface area (Å²) in [5.41, 5.74) is 2.41. The van der Waals surface area contributed by atoms with Crippen molar-refractivity contribution in [2.45, 2.75) is 37.6 Å². The van der Waals surface area contributed by atoms with Gasteiger partial charge in [0, 0.05) is 23.8 Å². The number of amides is 1. The van der Waals surface area contributed by atoms with Gasteiger partial charge in [0.15, 0.2) is 0 Å². The van der Waals surface area contributed by atoms with Crippen LogP contribution >= 0.6 is 0 Å². The van der Waals surface area contributed by atoms with Crippen LogP contribution < -0.4 is 5.32 Å². The third kappa shape index (κ3) is 2.41. The minimum Gasteiger partial charge on any atom is -0.465 e. The molecule has 0 aliphatic heterocycles. The topological polar surface area (TPSA) is 78.0 Å². The molecule has 0 aromatic carbocycles. The Labute approximate surface area is 111 Å². The molecule has 1 aliphatic carbocycles. The van der Waals surface area contributed by atoms with Crippen molar-refractivity contribution in [3.8, 4) is 0 Å². The Morgan fingerprint density at radius 3 is 2.89 bits per heavy atom. The number of hydrogen-bond acceptors (Lipinski definition) is 2. The van der Waals surface area contributed by atoms with Crippen molar-refractivity contribution in [3.63, 3.8) is 0 Å². The van der Waals surface area contributed by atoms with Crippen molar-refractivity contribution in [2.75, 3.05) is 0 Å². The van der Waals surface area contributed by atoms with Crippen molar-refractivity contribution in [3.05, 3.63) is 30.2 Å². The minimum atomic E-state index is -0.915. The lowest BCUT2D eigenvalue weighted by Crippen LogP contribution is -2.36. The molecule has 3 N–H and O–H groups in total. The number of fused-ring (bicyclic) bond motifs is 1. The Bertz CT molecular complexity index is 585. The predicted octanol–water partition coefficient (Wildman–Crippen LogP) is 2.86. The Balaban J connectivity index is 1.73. The molecule has 0 unspecified atom stereocenters. The second-order valence-corrected chi connectivity index (χ2v) is 5.16. The normalized spacial score (nSPS) is 23.4. The van der Waals surface area contributed by atoms with Gasteiger partial charge in [-0.1, -0.05) is 0 Å². The standard InChI is InChI=1S/C14H17N3O2/c18-14(19)17-10-3-1-9(2-4-10)12-7-16-13-8-15-6-5-11(12)13/h5-10,16-17H,1-4H2,(H,18,19). The van der Waals surface area contributed by atoms with Crippen LogP contribution in [-0.2, 0) is 0 Å². The van der Waals surface area contributed by atoms with Gasteiger partial charge in [-0.2, -0.15) is 0 Å². The molecule has 2 aromatic rings. The smallest absolute Gasteiger partial charge is 0.404 e. The number of rotatable bonds is 2. The molecule has 5 nitrogen and oxygen atoms in total. The van der Waals surface area contributed by atoms with E-state index in [1.807, 2.05) is 18.5 Å². The van der Waals surface area contributed by atoms with Crippen LogP contribution in [0.15, 0.2) is 24.7 Å². The molecule has 5 heteroatoms. The Morgan fingerprint density at radius 1 is 1.37 bits per heavy atom. The van der Waals surface area contributed by atoms with Gasteiger partial charge >= 0.3 is 6.09 Å². The quantitative estimate of drug-likeness (QED) is 0.776. The lowest BCUT2D eigenvalue weighted by atomic mass is 9.82. The zero-order chi connectivity index (χ0) is 13.2. The molecule has 0 bridgehead atoms. The second kappa shape index (κ2) is 4.91. The zero-order valence-corrected chi connectivity index (χ0v) is 10.6. The van der Waals surface area contributed by atoms with Crippen molar-refractivity contribution < 1.29 is 9.90 Å². The van der Waals surface area contributed by atoms with Gasteiger partial charge in [0.1, 0.15) is 0 Å². The second-order valence-electron chi connectivity index (χ2n) is 5.16. The molecule has 0 spiro atoms. The number of carbonyl (C=O) groups is 1. The van der Waals surface area contributed by atoms with Gasteiger partial charge in [-0.15, -0.1) is 0 Å². The lowest BCUT2D eigenvalue weighted by Gasteiger charge is -2.28.